The lowest BCUT2D eigenvalue weighted by atomic mass is 10.0. The second kappa shape index (κ2) is 6.41. The fraction of sp³-hybridized carbons (Fsp3) is 0.500. The first-order chi connectivity index (χ1) is 8.99. The van der Waals surface area contributed by atoms with E-state index >= 15 is 0 Å². The van der Waals surface area contributed by atoms with Gasteiger partial charge in [0.1, 0.15) is 0 Å². The fourth-order valence-corrected chi connectivity index (χ4v) is 2.91. The number of halogens is 2. The fourth-order valence-electron chi connectivity index (χ4n) is 2.40. The number of carbonyl (C=O) groups is 1. The van der Waals surface area contributed by atoms with Gasteiger partial charge in [-0.25, -0.2) is 0 Å². The number of likely N-dealkylation sites (tertiary alicyclic amines) is 1. The zero-order chi connectivity index (χ0) is 14.0. The number of piperidine rings is 1. The summed E-state index contributed by atoms with van der Waals surface area (Å²) in [5.74, 6) is 0.0931. The van der Waals surface area contributed by atoms with Crippen LogP contribution in [0.5, 0.6) is 0 Å². The van der Waals surface area contributed by atoms with Gasteiger partial charge in [-0.15, -0.1) is 0 Å². The lowest BCUT2D eigenvalue weighted by molar-refractivity contribution is 0.0663. The molecule has 1 aromatic carbocycles. The molecule has 0 spiro atoms. The van der Waals surface area contributed by atoms with Gasteiger partial charge < -0.3 is 9.80 Å². The maximum absolute atomic E-state index is 12.4. The topological polar surface area (TPSA) is 23.6 Å². The van der Waals surface area contributed by atoms with E-state index in [0.29, 0.717) is 16.6 Å². The number of amides is 1. The summed E-state index contributed by atoms with van der Waals surface area (Å²) in [7, 11) is 4.20. The van der Waals surface area contributed by atoms with Crippen molar-refractivity contribution in [3.05, 3.63) is 32.4 Å². The molecule has 1 amide bonds. The number of nitrogens with zero attached hydrogens (tertiary/aromatic N) is 2. The van der Waals surface area contributed by atoms with Gasteiger partial charge in [0, 0.05) is 28.3 Å². The van der Waals surface area contributed by atoms with Crippen molar-refractivity contribution in [2.24, 2.45) is 0 Å². The molecule has 1 aliphatic rings. The Morgan fingerprint density at radius 3 is 2.53 bits per heavy atom. The Morgan fingerprint density at radius 2 is 2.00 bits per heavy atom. The van der Waals surface area contributed by atoms with Crippen LogP contribution in [0.3, 0.4) is 0 Å². The Labute approximate surface area is 133 Å². The van der Waals surface area contributed by atoms with Crippen molar-refractivity contribution >= 4 is 40.1 Å². The third-order valence-corrected chi connectivity index (χ3v) is 5.22. The van der Waals surface area contributed by atoms with Crippen LogP contribution in [0.2, 0.25) is 5.02 Å². The van der Waals surface area contributed by atoms with Crippen molar-refractivity contribution in [3.8, 4) is 0 Å². The van der Waals surface area contributed by atoms with Gasteiger partial charge in [-0.3, -0.25) is 4.79 Å². The standard InChI is InChI=1S/C14H18ClIN2O/c1-17(2)11-5-7-18(8-6-11)14(19)10-3-4-13(16)12(15)9-10/h3-4,9,11H,5-8H2,1-2H3. The predicted octanol–water partition coefficient (Wildman–Crippen LogP) is 3.11. The second-order valence-electron chi connectivity index (χ2n) is 5.12. The number of rotatable bonds is 2. The van der Waals surface area contributed by atoms with Gasteiger partial charge in [-0.05, 0) is 67.7 Å². The molecular formula is C14H18ClIN2O. The number of hydrogen-bond acceptors (Lipinski definition) is 2. The Balaban J connectivity index is 2.03. The summed E-state index contributed by atoms with van der Waals surface area (Å²) < 4.78 is 0.974. The number of benzene rings is 1. The third kappa shape index (κ3) is 3.61. The van der Waals surface area contributed by atoms with Gasteiger partial charge in [0.25, 0.3) is 5.91 Å². The quantitative estimate of drug-likeness (QED) is 0.722. The van der Waals surface area contributed by atoms with Crippen LogP contribution in [-0.2, 0) is 0 Å². The number of hydrogen-bond donors (Lipinski definition) is 0. The van der Waals surface area contributed by atoms with Crippen molar-refractivity contribution < 1.29 is 4.79 Å². The average molecular weight is 393 g/mol. The van der Waals surface area contributed by atoms with E-state index in [0.717, 1.165) is 29.5 Å². The molecule has 5 heteroatoms. The first-order valence-corrected chi connectivity index (χ1v) is 7.85. The molecule has 19 heavy (non-hydrogen) atoms. The molecule has 0 aliphatic carbocycles. The van der Waals surface area contributed by atoms with Crippen LogP contribution >= 0.6 is 34.2 Å². The molecule has 3 nitrogen and oxygen atoms in total. The minimum atomic E-state index is 0.0931. The Kier molecular flexibility index (Phi) is 5.09. The van der Waals surface area contributed by atoms with Crippen molar-refractivity contribution in [2.75, 3.05) is 27.2 Å². The summed E-state index contributed by atoms with van der Waals surface area (Å²) in [4.78, 5) is 16.6. The minimum absolute atomic E-state index is 0.0931. The molecule has 1 aliphatic heterocycles. The maximum Gasteiger partial charge on any atom is 0.253 e. The van der Waals surface area contributed by atoms with Crippen LogP contribution in [0.25, 0.3) is 0 Å². The molecular weight excluding hydrogens is 375 g/mol. The van der Waals surface area contributed by atoms with E-state index in [4.69, 9.17) is 11.6 Å². The molecule has 0 saturated carbocycles. The monoisotopic (exact) mass is 392 g/mol. The van der Waals surface area contributed by atoms with Gasteiger partial charge in [-0.2, -0.15) is 0 Å². The predicted molar refractivity (Wildman–Crippen MR) is 86.8 cm³/mol. The molecule has 0 atom stereocenters. The first kappa shape index (κ1) is 15.1. The highest BCUT2D eigenvalue weighted by Gasteiger charge is 2.24. The van der Waals surface area contributed by atoms with Crippen LogP contribution in [0.4, 0.5) is 0 Å². The summed E-state index contributed by atoms with van der Waals surface area (Å²) in [5, 5.41) is 0.648. The van der Waals surface area contributed by atoms with E-state index in [-0.39, 0.29) is 5.91 Å². The average Bonchev–Trinajstić information content (AvgIpc) is 2.41. The van der Waals surface area contributed by atoms with Crippen LogP contribution < -0.4 is 0 Å². The van der Waals surface area contributed by atoms with Crippen molar-refractivity contribution in [2.45, 2.75) is 18.9 Å². The van der Waals surface area contributed by atoms with Crippen molar-refractivity contribution in [3.63, 3.8) is 0 Å². The summed E-state index contributed by atoms with van der Waals surface area (Å²) in [6.45, 7) is 1.65. The van der Waals surface area contributed by atoms with Gasteiger partial charge in [0.05, 0.1) is 5.02 Å². The summed E-state index contributed by atoms with van der Waals surface area (Å²) in [6.07, 6.45) is 2.08. The zero-order valence-electron chi connectivity index (χ0n) is 11.2. The molecule has 1 fully saturated rings. The first-order valence-electron chi connectivity index (χ1n) is 6.40. The van der Waals surface area contributed by atoms with Gasteiger partial charge >= 0.3 is 0 Å². The van der Waals surface area contributed by atoms with E-state index in [2.05, 4.69) is 41.6 Å². The van der Waals surface area contributed by atoms with E-state index in [9.17, 15) is 4.79 Å². The molecule has 1 saturated heterocycles. The lowest BCUT2D eigenvalue weighted by Gasteiger charge is -2.35. The highest BCUT2D eigenvalue weighted by Crippen LogP contribution is 2.22. The zero-order valence-corrected chi connectivity index (χ0v) is 14.1. The molecule has 0 radical (unpaired) electrons. The summed E-state index contributed by atoms with van der Waals surface area (Å²) in [6, 6.07) is 6.10. The van der Waals surface area contributed by atoms with Crippen LogP contribution in [0, 0.1) is 3.57 Å². The molecule has 1 aromatic rings. The second-order valence-corrected chi connectivity index (χ2v) is 6.69. The highest BCUT2D eigenvalue weighted by atomic mass is 127. The normalized spacial score (nSPS) is 17.0. The summed E-state index contributed by atoms with van der Waals surface area (Å²) >= 11 is 8.24. The van der Waals surface area contributed by atoms with Gasteiger partial charge in [-0.1, -0.05) is 11.6 Å². The van der Waals surface area contributed by atoms with Crippen LogP contribution in [0.15, 0.2) is 18.2 Å². The van der Waals surface area contributed by atoms with Crippen molar-refractivity contribution in [1.29, 1.82) is 0 Å². The molecule has 0 bridgehead atoms. The Hall–Kier alpha value is -0.330. The Morgan fingerprint density at radius 1 is 1.37 bits per heavy atom. The van der Waals surface area contributed by atoms with Crippen LogP contribution in [0.1, 0.15) is 23.2 Å². The maximum atomic E-state index is 12.4. The molecule has 1 heterocycles. The minimum Gasteiger partial charge on any atom is -0.339 e. The smallest absolute Gasteiger partial charge is 0.253 e. The van der Waals surface area contributed by atoms with E-state index in [1.54, 1.807) is 6.07 Å². The SMILES string of the molecule is CN(C)C1CCN(C(=O)c2ccc(I)c(Cl)c2)CC1. The summed E-state index contributed by atoms with van der Waals surface area (Å²) in [5.41, 5.74) is 0.689. The number of carbonyl (C=O) groups excluding carboxylic acids is 1. The van der Waals surface area contributed by atoms with Gasteiger partial charge in [0.2, 0.25) is 0 Å². The Bertz CT molecular complexity index is 471. The molecule has 0 unspecified atom stereocenters. The van der Waals surface area contributed by atoms with Crippen LogP contribution in [-0.4, -0.2) is 48.9 Å². The lowest BCUT2D eigenvalue weighted by Crippen LogP contribution is -2.44. The van der Waals surface area contributed by atoms with E-state index in [1.165, 1.54) is 0 Å². The van der Waals surface area contributed by atoms with Crippen molar-refractivity contribution in [1.82, 2.24) is 9.80 Å². The van der Waals surface area contributed by atoms with Gasteiger partial charge in [0.15, 0.2) is 0 Å². The molecule has 0 aromatic heterocycles. The third-order valence-electron chi connectivity index (χ3n) is 3.65. The highest BCUT2D eigenvalue weighted by molar-refractivity contribution is 14.1. The molecule has 0 N–H and O–H groups in total. The van der Waals surface area contributed by atoms with E-state index in [1.807, 2.05) is 17.0 Å². The molecule has 104 valence electrons. The van der Waals surface area contributed by atoms with E-state index < -0.39 is 0 Å². The molecule has 2 rings (SSSR count). The largest absolute Gasteiger partial charge is 0.339 e.